The minimum absolute atomic E-state index is 0.0249. The van der Waals surface area contributed by atoms with E-state index in [0.29, 0.717) is 13.0 Å². The summed E-state index contributed by atoms with van der Waals surface area (Å²) < 4.78 is 2.10. The summed E-state index contributed by atoms with van der Waals surface area (Å²) in [6.07, 6.45) is 8.21. The Morgan fingerprint density at radius 2 is 2.00 bits per heavy atom. The van der Waals surface area contributed by atoms with Gasteiger partial charge in [-0.3, -0.25) is 4.79 Å². The van der Waals surface area contributed by atoms with Gasteiger partial charge in [0.25, 0.3) is 0 Å². The van der Waals surface area contributed by atoms with Gasteiger partial charge in [0.05, 0.1) is 5.60 Å². The van der Waals surface area contributed by atoms with Crippen LogP contribution in [0.15, 0.2) is 30.5 Å². The molecular weight excluding hydrogens is 288 g/mol. The number of rotatable bonds is 5. The van der Waals surface area contributed by atoms with E-state index >= 15 is 0 Å². The zero-order valence-corrected chi connectivity index (χ0v) is 13.8. The molecule has 124 valence electrons. The van der Waals surface area contributed by atoms with Crippen LogP contribution < -0.4 is 5.32 Å². The van der Waals surface area contributed by atoms with Gasteiger partial charge in [-0.15, -0.1) is 0 Å². The fraction of sp³-hybridized carbons (Fsp3) is 0.526. The van der Waals surface area contributed by atoms with Crippen LogP contribution >= 0.6 is 0 Å². The van der Waals surface area contributed by atoms with Crippen LogP contribution in [0, 0.1) is 0 Å². The van der Waals surface area contributed by atoms with Gasteiger partial charge in [-0.25, -0.2) is 0 Å². The highest BCUT2D eigenvalue weighted by atomic mass is 16.3. The van der Waals surface area contributed by atoms with Crippen molar-refractivity contribution in [1.82, 2.24) is 9.88 Å². The number of aliphatic hydroxyl groups is 1. The summed E-state index contributed by atoms with van der Waals surface area (Å²) in [5.74, 6) is 0.0249. The number of hydrogen-bond donors (Lipinski definition) is 2. The normalized spacial score (nSPS) is 17.3. The first-order chi connectivity index (χ1) is 11.1. The third-order valence-electron chi connectivity index (χ3n) is 5.00. The van der Waals surface area contributed by atoms with Gasteiger partial charge in [-0.2, -0.15) is 0 Å². The Morgan fingerprint density at radius 3 is 2.78 bits per heavy atom. The fourth-order valence-corrected chi connectivity index (χ4v) is 3.61. The Morgan fingerprint density at radius 1 is 1.26 bits per heavy atom. The van der Waals surface area contributed by atoms with Gasteiger partial charge in [0, 0.05) is 37.1 Å². The van der Waals surface area contributed by atoms with Crippen molar-refractivity contribution in [2.75, 3.05) is 6.54 Å². The molecule has 1 fully saturated rings. The Kier molecular flexibility index (Phi) is 4.71. The van der Waals surface area contributed by atoms with Crippen molar-refractivity contribution in [3.8, 4) is 0 Å². The number of aromatic nitrogens is 1. The molecular formula is C19H26N2O2. The maximum Gasteiger partial charge on any atom is 0.220 e. The predicted molar refractivity (Wildman–Crippen MR) is 92.3 cm³/mol. The molecule has 0 bridgehead atoms. The SMILES string of the molecule is Cn1cc(CCC(=O)NCC2(O)CCCCC2)c2ccccc21. The molecule has 2 aromatic rings. The molecule has 0 spiro atoms. The van der Waals surface area contributed by atoms with Crippen LogP contribution in [-0.4, -0.2) is 27.7 Å². The van der Waals surface area contributed by atoms with Crippen LogP contribution in [0.2, 0.25) is 0 Å². The van der Waals surface area contributed by atoms with Gasteiger partial charge in [-0.1, -0.05) is 37.5 Å². The number of carbonyl (C=O) groups excluding carboxylic acids is 1. The lowest BCUT2D eigenvalue weighted by atomic mass is 9.85. The summed E-state index contributed by atoms with van der Waals surface area (Å²) in [5.41, 5.74) is 1.71. The number of fused-ring (bicyclic) bond motifs is 1. The Hall–Kier alpha value is -1.81. The van der Waals surface area contributed by atoms with Crippen LogP contribution in [-0.2, 0) is 18.3 Å². The molecule has 1 aliphatic rings. The average molecular weight is 314 g/mol. The number of para-hydroxylation sites is 1. The maximum absolute atomic E-state index is 12.1. The molecule has 4 heteroatoms. The first-order valence-electron chi connectivity index (χ1n) is 8.59. The van der Waals surface area contributed by atoms with Crippen molar-refractivity contribution in [2.24, 2.45) is 7.05 Å². The van der Waals surface area contributed by atoms with E-state index in [-0.39, 0.29) is 5.91 Å². The second-order valence-corrected chi connectivity index (χ2v) is 6.84. The highest BCUT2D eigenvalue weighted by Gasteiger charge is 2.29. The standard InChI is InChI=1S/C19H26N2O2/c1-21-13-15(16-7-3-4-8-17(16)21)9-10-18(22)20-14-19(23)11-5-2-6-12-19/h3-4,7-8,13,23H,2,5-6,9-12,14H2,1H3,(H,20,22). The number of carbonyl (C=O) groups is 1. The summed E-state index contributed by atoms with van der Waals surface area (Å²) in [4.78, 5) is 12.1. The average Bonchev–Trinajstić information content (AvgIpc) is 2.89. The molecule has 0 atom stereocenters. The molecule has 1 aliphatic carbocycles. The van der Waals surface area contributed by atoms with E-state index in [2.05, 4.69) is 28.2 Å². The second-order valence-electron chi connectivity index (χ2n) is 6.84. The van der Waals surface area contributed by atoms with Gasteiger partial charge >= 0.3 is 0 Å². The van der Waals surface area contributed by atoms with Crippen LogP contribution in [0.4, 0.5) is 0 Å². The van der Waals surface area contributed by atoms with Gasteiger partial charge in [0.1, 0.15) is 0 Å². The Balaban J connectivity index is 1.54. The summed E-state index contributed by atoms with van der Waals surface area (Å²) in [6, 6.07) is 8.26. The number of benzene rings is 1. The molecule has 4 nitrogen and oxygen atoms in total. The monoisotopic (exact) mass is 314 g/mol. The molecule has 0 aliphatic heterocycles. The molecule has 3 rings (SSSR count). The lowest BCUT2D eigenvalue weighted by Gasteiger charge is -2.32. The van der Waals surface area contributed by atoms with Crippen LogP contribution in [0.1, 0.15) is 44.1 Å². The Bertz CT molecular complexity index is 684. The lowest BCUT2D eigenvalue weighted by Crippen LogP contribution is -2.44. The van der Waals surface area contributed by atoms with Gasteiger partial charge in [-0.05, 0) is 30.9 Å². The number of hydrogen-bond acceptors (Lipinski definition) is 2. The molecule has 1 aromatic heterocycles. The smallest absolute Gasteiger partial charge is 0.220 e. The molecule has 1 aromatic carbocycles. The van der Waals surface area contributed by atoms with Gasteiger partial charge in [0.2, 0.25) is 5.91 Å². The van der Waals surface area contributed by atoms with Gasteiger partial charge in [0.15, 0.2) is 0 Å². The van der Waals surface area contributed by atoms with E-state index in [0.717, 1.165) is 32.1 Å². The van der Waals surface area contributed by atoms with E-state index in [1.54, 1.807) is 0 Å². The lowest BCUT2D eigenvalue weighted by molar-refractivity contribution is -0.122. The molecule has 0 unspecified atom stereocenters. The van der Waals surface area contributed by atoms with Crippen molar-refractivity contribution < 1.29 is 9.90 Å². The third-order valence-corrected chi connectivity index (χ3v) is 5.00. The number of amides is 1. The first kappa shape index (κ1) is 16.1. The molecule has 23 heavy (non-hydrogen) atoms. The van der Waals surface area contributed by atoms with Crippen molar-refractivity contribution >= 4 is 16.8 Å². The minimum Gasteiger partial charge on any atom is -0.388 e. The van der Waals surface area contributed by atoms with Crippen molar-refractivity contribution in [2.45, 2.75) is 50.5 Å². The Labute approximate surface area is 137 Å². The molecule has 2 N–H and O–H groups in total. The van der Waals surface area contributed by atoms with E-state index in [1.807, 2.05) is 19.2 Å². The number of nitrogens with one attached hydrogen (secondary N) is 1. The van der Waals surface area contributed by atoms with Crippen LogP contribution in [0.25, 0.3) is 10.9 Å². The summed E-state index contributed by atoms with van der Waals surface area (Å²) in [6.45, 7) is 0.390. The summed E-state index contributed by atoms with van der Waals surface area (Å²) >= 11 is 0. The number of aryl methyl sites for hydroxylation is 2. The van der Waals surface area contributed by atoms with E-state index in [1.165, 1.54) is 22.9 Å². The molecule has 1 amide bonds. The largest absolute Gasteiger partial charge is 0.388 e. The first-order valence-corrected chi connectivity index (χ1v) is 8.59. The van der Waals surface area contributed by atoms with E-state index in [4.69, 9.17) is 0 Å². The van der Waals surface area contributed by atoms with Crippen LogP contribution in [0.3, 0.4) is 0 Å². The zero-order valence-electron chi connectivity index (χ0n) is 13.8. The van der Waals surface area contributed by atoms with Gasteiger partial charge < -0.3 is 15.0 Å². The zero-order chi connectivity index (χ0) is 16.3. The van der Waals surface area contributed by atoms with Crippen molar-refractivity contribution in [3.05, 3.63) is 36.0 Å². The minimum atomic E-state index is -0.687. The molecule has 0 saturated heterocycles. The highest BCUT2D eigenvalue weighted by Crippen LogP contribution is 2.27. The van der Waals surface area contributed by atoms with Crippen molar-refractivity contribution in [1.29, 1.82) is 0 Å². The second kappa shape index (κ2) is 6.75. The highest BCUT2D eigenvalue weighted by molar-refractivity contribution is 5.84. The van der Waals surface area contributed by atoms with Crippen LogP contribution in [0.5, 0.6) is 0 Å². The topological polar surface area (TPSA) is 54.3 Å². The van der Waals surface area contributed by atoms with Crippen molar-refractivity contribution in [3.63, 3.8) is 0 Å². The third kappa shape index (κ3) is 3.75. The molecule has 1 saturated carbocycles. The summed E-state index contributed by atoms with van der Waals surface area (Å²) in [7, 11) is 2.03. The van der Waals surface area contributed by atoms with E-state index in [9.17, 15) is 9.90 Å². The maximum atomic E-state index is 12.1. The predicted octanol–water partition coefficient (Wildman–Crippen LogP) is 2.92. The quantitative estimate of drug-likeness (QED) is 0.891. The fourth-order valence-electron chi connectivity index (χ4n) is 3.61. The molecule has 1 heterocycles. The van der Waals surface area contributed by atoms with E-state index < -0.39 is 5.60 Å². The number of nitrogens with zero attached hydrogens (tertiary/aromatic N) is 1. The molecule has 0 radical (unpaired) electrons. The summed E-state index contributed by atoms with van der Waals surface area (Å²) in [5, 5.41) is 14.6.